The third-order valence-electron chi connectivity index (χ3n) is 4.01. The van der Waals surface area contributed by atoms with Crippen LogP contribution in [0.3, 0.4) is 0 Å². The van der Waals surface area contributed by atoms with Gasteiger partial charge in [0.15, 0.2) is 0 Å². The number of carbonyl (C=O) groups excluding carboxylic acids is 1. The van der Waals surface area contributed by atoms with Crippen LogP contribution >= 0.6 is 11.6 Å². The summed E-state index contributed by atoms with van der Waals surface area (Å²) in [6.45, 7) is 2.22. The van der Waals surface area contributed by atoms with Gasteiger partial charge >= 0.3 is 0 Å². The van der Waals surface area contributed by atoms with Gasteiger partial charge in [0.1, 0.15) is 5.75 Å². The van der Waals surface area contributed by atoms with Gasteiger partial charge in [-0.05, 0) is 42.8 Å². The van der Waals surface area contributed by atoms with Crippen LogP contribution in [0.4, 0.5) is 0 Å². The van der Waals surface area contributed by atoms with Crippen molar-refractivity contribution in [2.45, 2.75) is 13.5 Å². The first-order valence-corrected chi connectivity index (χ1v) is 7.90. The fourth-order valence-electron chi connectivity index (χ4n) is 2.73. The lowest BCUT2D eigenvalue weighted by Crippen LogP contribution is -2.23. The molecule has 1 N–H and O–H groups in total. The Morgan fingerprint density at radius 1 is 1.33 bits per heavy atom. The highest BCUT2D eigenvalue weighted by Gasteiger charge is 2.14. The van der Waals surface area contributed by atoms with Crippen LogP contribution in [0.25, 0.3) is 11.0 Å². The molecule has 124 valence electrons. The summed E-state index contributed by atoms with van der Waals surface area (Å²) < 4.78 is 7.36. The van der Waals surface area contributed by atoms with E-state index in [1.165, 1.54) is 0 Å². The molecule has 0 fully saturated rings. The monoisotopic (exact) mass is 343 g/mol. The zero-order valence-electron chi connectivity index (χ0n) is 13.8. The third-order valence-corrected chi connectivity index (χ3v) is 4.43. The minimum absolute atomic E-state index is 0.156. The second kappa shape index (κ2) is 6.53. The molecule has 0 atom stereocenters. The average Bonchev–Trinajstić information content (AvgIpc) is 2.96. The Balaban J connectivity index is 1.88. The van der Waals surface area contributed by atoms with E-state index in [1.807, 2.05) is 30.7 Å². The lowest BCUT2D eigenvalue weighted by Gasteiger charge is -2.12. The number of imidazole rings is 1. The Morgan fingerprint density at radius 2 is 2.12 bits per heavy atom. The number of hydrogen-bond acceptors (Lipinski definition) is 3. The predicted octanol–water partition coefficient (Wildman–Crippen LogP) is 3.47. The number of carbonyl (C=O) groups is 1. The molecule has 0 aliphatic heterocycles. The molecule has 5 nitrogen and oxygen atoms in total. The standard InChI is InChI=1S/C18H18ClN3O2/c1-11-8-12(4-5-14(11)19)18(23)20-9-13-16(24-3)7-6-15-17(13)22(2)10-21-15/h4-8,10H,9H2,1-3H3,(H,20,23). The molecule has 24 heavy (non-hydrogen) atoms. The molecule has 1 heterocycles. The van der Waals surface area contributed by atoms with Crippen LogP contribution in [0.1, 0.15) is 21.5 Å². The van der Waals surface area contributed by atoms with E-state index in [0.717, 1.165) is 27.9 Å². The number of benzene rings is 2. The molecule has 3 aromatic rings. The van der Waals surface area contributed by atoms with Crippen molar-refractivity contribution >= 4 is 28.5 Å². The molecule has 0 unspecified atom stereocenters. The minimum Gasteiger partial charge on any atom is -0.496 e. The van der Waals surface area contributed by atoms with Crippen molar-refractivity contribution in [3.8, 4) is 5.75 Å². The fourth-order valence-corrected chi connectivity index (χ4v) is 2.85. The smallest absolute Gasteiger partial charge is 0.251 e. The van der Waals surface area contributed by atoms with Crippen molar-refractivity contribution in [1.82, 2.24) is 14.9 Å². The van der Waals surface area contributed by atoms with Crippen molar-refractivity contribution in [2.24, 2.45) is 7.05 Å². The first kappa shape index (κ1) is 16.3. The number of amides is 1. The molecular formula is C18H18ClN3O2. The van der Waals surface area contributed by atoms with Gasteiger partial charge in [-0.3, -0.25) is 4.79 Å². The van der Waals surface area contributed by atoms with E-state index < -0.39 is 0 Å². The third kappa shape index (κ3) is 2.95. The summed E-state index contributed by atoms with van der Waals surface area (Å²) in [5.74, 6) is 0.565. The van der Waals surface area contributed by atoms with Gasteiger partial charge in [0.05, 0.1) is 24.5 Å². The van der Waals surface area contributed by atoms with Crippen molar-refractivity contribution in [3.63, 3.8) is 0 Å². The maximum atomic E-state index is 12.4. The highest BCUT2D eigenvalue weighted by molar-refractivity contribution is 6.31. The largest absolute Gasteiger partial charge is 0.496 e. The van der Waals surface area contributed by atoms with Crippen LogP contribution in [0.5, 0.6) is 5.75 Å². The van der Waals surface area contributed by atoms with E-state index in [-0.39, 0.29) is 5.91 Å². The van der Waals surface area contributed by atoms with Gasteiger partial charge in [0, 0.05) is 29.7 Å². The number of rotatable bonds is 4. The number of aromatic nitrogens is 2. The number of hydrogen-bond donors (Lipinski definition) is 1. The number of methoxy groups -OCH3 is 1. The summed E-state index contributed by atoms with van der Waals surface area (Å²) in [6.07, 6.45) is 1.75. The van der Waals surface area contributed by atoms with Crippen LogP contribution in [0.2, 0.25) is 5.02 Å². The lowest BCUT2D eigenvalue weighted by atomic mass is 10.1. The summed E-state index contributed by atoms with van der Waals surface area (Å²) >= 11 is 6.01. The Hall–Kier alpha value is -2.53. The second-order valence-electron chi connectivity index (χ2n) is 5.62. The number of aryl methyl sites for hydroxylation is 2. The van der Waals surface area contributed by atoms with Gasteiger partial charge in [-0.15, -0.1) is 0 Å². The number of fused-ring (bicyclic) bond motifs is 1. The molecule has 0 bridgehead atoms. The average molecular weight is 344 g/mol. The summed E-state index contributed by atoms with van der Waals surface area (Å²) in [4.78, 5) is 16.8. The fraction of sp³-hybridized carbons (Fsp3) is 0.222. The highest BCUT2D eigenvalue weighted by Crippen LogP contribution is 2.27. The maximum absolute atomic E-state index is 12.4. The van der Waals surface area contributed by atoms with Crippen LogP contribution in [-0.4, -0.2) is 22.6 Å². The first-order chi connectivity index (χ1) is 11.5. The molecular weight excluding hydrogens is 326 g/mol. The maximum Gasteiger partial charge on any atom is 0.251 e. The molecule has 0 saturated carbocycles. The molecule has 3 rings (SSSR count). The van der Waals surface area contributed by atoms with E-state index in [4.69, 9.17) is 16.3 Å². The van der Waals surface area contributed by atoms with Crippen molar-refractivity contribution < 1.29 is 9.53 Å². The SMILES string of the molecule is COc1ccc2ncn(C)c2c1CNC(=O)c1ccc(Cl)c(C)c1. The molecule has 0 spiro atoms. The van der Waals surface area contributed by atoms with Crippen LogP contribution in [0.15, 0.2) is 36.7 Å². The molecule has 0 saturated heterocycles. The van der Waals surface area contributed by atoms with Gasteiger partial charge in [-0.2, -0.15) is 0 Å². The molecule has 1 amide bonds. The number of ether oxygens (including phenoxy) is 1. The van der Waals surface area contributed by atoms with Gasteiger partial charge in [-0.25, -0.2) is 4.98 Å². The Kier molecular flexibility index (Phi) is 4.44. The van der Waals surface area contributed by atoms with Crippen LogP contribution in [0, 0.1) is 6.92 Å². The van der Waals surface area contributed by atoms with Gasteiger partial charge in [0.25, 0.3) is 5.91 Å². The first-order valence-electron chi connectivity index (χ1n) is 7.52. The van der Waals surface area contributed by atoms with E-state index in [0.29, 0.717) is 17.1 Å². The van der Waals surface area contributed by atoms with Crippen LogP contribution in [-0.2, 0) is 13.6 Å². The number of nitrogens with one attached hydrogen (secondary N) is 1. The quantitative estimate of drug-likeness (QED) is 0.789. The molecule has 0 aliphatic carbocycles. The van der Waals surface area contributed by atoms with Gasteiger partial charge in [-0.1, -0.05) is 11.6 Å². The molecule has 0 aliphatic rings. The number of halogens is 1. The minimum atomic E-state index is -0.156. The van der Waals surface area contributed by atoms with Gasteiger partial charge in [0.2, 0.25) is 0 Å². The predicted molar refractivity (Wildman–Crippen MR) is 94.6 cm³/mol. The Bertz CT molecular complexity index is 918. The van der Waals surface area contributed by atoms with Crippen molar-refractivity contribution in [2.75, 3.05) is 7.11 Å². The van der Waals surface area contributed by atoms with Crippen LogP contribution < -0.4 is 10.1 Å². The van der Waals surface area contributed by atoms with Crippen molar-refractivity contribution in [1.29, 1.82) is 0 Å². The normalized spacial score (nSPS) is 10.8. The Morgan fingerprint density at radius 3 is 2.83 bits per heavy atom. The Labute approximate surface area is 145 Å². The zero-order chi connectivity index (χ0) is 17.3. The van der Waals surface area contributed by atoms with Gasteiger partial charge < -0.3 is 14.6 Å². The van der Waals surface area contributed by atoms with E-state index in [2.05, 4.69) is 10.3 Å². The van der Waals surface area contributed by atoms with Crippen molar-refractivity contribution in [3.05, 3.63) is 58.4 Å². The highest BCUT2D eigenvalue weighted by atomic mass is 35.5. The molecule has 6 heteroatoms. The summed E-state index contributed by atoms with van der Waals surface area (Å²) in [7, 11) is 3.54. The molecule has 2 aromatic carbocycles. The lowest BCUT2D eigenvalue weighted by molar-refractivity contribution is 0.0950. The summed E-state index contributed by atoms with van der Waals surface area (Å²) in [5, 5.41) is 3.59. The topological polar surface area (TPSA) is 56.1 Å². The van der Waals surface area contributed by atoms with E-state index >= 15 is 0 Å². The summed E-state index contributed by atoms with van der Waals surface area (Å²) in [6, 6.07) is 8.99. The second-order valence-corrected chi connectivity index (χ2v) is 6.02. The number of nitrogens with zero attached hydrogens (tertiary/aromatic N) is 2. The zero-order valence-corrected chi connectivity index (χ0v) is 14.5. The van der Waals surface area contributed by atoms with E-state index in [9.17, 15) is 4.79 Å². The molecule has 0 radical (unpaired) electrons. The van der Waals surface area contributed by atoms with E-state index in [1.54, 1.807) is 31.6 Å². The molecule has 1 aromatic heterocycles. The summed E-state index contributed by atoms with van der Waals surface area (Å²) in [5.41, 5.74) is 4.16.